The van der Waals surface area contributed by atoms with Gasteiger partial charge in [-0.2, -0.15) is 0 Å². The topological polar surface area (TPSA) is 45.5 Å². The minimum Gasteiger partial charge on any atom is -0.391 e. The second-order valence-electron chi connectivity index (χ2n) is 6.15. The van der Waals surface area contributed by atoms with Crippen molar-refractivity contribution in [2.45, 2.75) is 32.8 Å². The predicted molar refractivity (Wildman–Crippen MR) is 86.3 cm³/mol. The van der Waals surface area contributed by atoms with E-state index in [9.17, 15) is 14.3 Å². The zero-order chi connectivity index (χ0) is 16.6. The van der Waals surface area contributed by atoms with Gasteiger partial charge < -0.3 is 14.6 Å². The molecule has 1 aliphatic heterocycles. The van der Waals surface area contributed by atoms with Gasteiger partial charge >= 0.3 is 0 Å². The maximum Gasteiger partial charge on any atom is 0.255 e. The van der Waals surface area contributed by atoms with E-state index in [1.807, 2.05) is 30.5 Å². The largest absolute Gasteiger partial charge is 0.391 e. The Balaban J connectivity index is 1.96. The number of hydrogen-bond acceptors (Lipinski definition) is 2. The van der Waals surface area contributed by atoms with Gasteiger partial charge in [0, 0.05) is 30.2 Å². The van der Waals surface area contributed by atoms with Crippen molar-refractivity contribution in [2.24, 2.45) is 0 Å². The molecule has 1 aromatic carbocycles. The second kappa shape index (κ2) is 6.16. The number of piperidine rings is 1. The lowest BCUT2D eigenvalue weighted by Gasteiger charge is -2.30. The van der Waals surface area contributed by atoms with E-state index >= 15 is 0 Å². The molecule has 0 radical (unpaired) electrons. The Hall–Kier alpha value is -2.14. The van der Waals surface area contributed by atoms with E-state index in [0.29, 0.717) is 24.3 Å². The normalized spacial score (nSPS) is 18.3. The summed E-state index contributed by atoms with van der Waals surface area (Å²) in [6.07, 6.45) is 1.11. The van der Waals surface area contributed by atoms with Crippen molar-refractivity contribution in [1.29, 1.82) is 0 Å². The molecule has 0 bridgehead atoms. The number of halogens is 1. The molecule has 0 spiro atoms. The van der Waals surface area contributed by atoms with Crippen LogP contribution in [0.4, 0.5) is 4.39 Å². The van der Waals surface area contributed by atoms with Crippen molar-refractivity contribution >= 4 is 5.91 Å². The molecule has 0 aliphatic carbocycles. The third-order valence-electron chi connectivity index (χ3n) is 4.41. The van der Waals surface area contributed by atoms with Crippen molar-refractivity contribution in [2.75, 3.05) is 13.1 Å². The summed E-state index contributed by atoms with van der Waals surface area (Å²) in [5, 5.41) is 9.77. The highest BCUT2D eigenvalue weighted by Crippen LogP contribution is 2.23. The van der Waals surface area contributed by atoms with Crippen LogP contribution in [0, 0.1) is 19.7 Å². The van der Waals surface area contributed by atoms with Crippen LogP contribution in [-0.4, -0.2) is 39.7 Å². The van der Waals surface area contributed by atoms with Crippen LogP contribution in [0.15, 0.2) is 30.3 Å². The summed E-state index contributed by atoms with van der Waals surface area (Å²) in [4.78, 5) is 14.5. The number of nitrogens with zero attached hydrogens (tertiary/aromatic N) is 2. The SMILES string of the molecule is Cc1cc(C(=O)N2CCCC(O)C2)c(C)n1-c1cccc(F)c1. The van der Waals surface area contributed by atoms with Gasteiger partial charge in [-0.25, -0.2) is 4.39 Å². The average molecular weight is 316 g/mol. The lowest BCUT2D eigenvalue weighted by atomic mass is 10.1. The Morgan fingerprint density at radius 3 is 2.78 bits per heavy atom. The van der Waals surface area contributed by atoms with E-state index in [1.165, 1.54) is 12.1 Å². The number of carbonyl (C=O) groups excluding carboxylic acids is 1. The first-order chi connectivity index (χ1) is 11.0. The van der Waals surface area contributed by atoms with E-state index in [-0.39, 0.29) is 11.7 Å². The monoisotopic (exact) mass is 316 g/mol. The molecule has 1 amide bonds. The number of aliphatic hydroxyl groups excluding tert-OH is 1. The maximum atomic E-state index is 13.5. The summed E-state index contributed by atoms with van der Waals surface area (Å²) in [5.74, 6) is -0.374. The van der Waals surface area contributed by atoms with Gasteiger partial charge in [0.2, 0.25) is 0 Å². The fourth-order valence-electron chi connectivity index (χ4n) is 3.30. The van der Waals surface area contributed by atoms with Crippen molar-refractivity contribution in [3.05, 3.63) is 53.1 Å². The highest BCUT2D eigenvalue weighted by Gasteiger charge is 2.26. The molecule has 1 aliphatic rings. The summed E-state index contributed by atoms with van der Waals surface area (Å²) in [6, 6.07) is 8.18. The molecule has 1 saturated heterocycles. The number of rotatable bonds is 2. The van der Waals surface area contributed by atoms with Crippen LogP contribution in [0.3, 0.4) is 0 Å². The first kappa shape index (κ1) is 15.7. The predicted octanol–water partition coefficient (Wildman–Crippen LogP) is 2.83. The lowest BCUT2D eigenvalue weighted by Crippen LogP contribution is -2.42. The molecule has 23 heavy (non-hydrogen) atoms. The van der Waals surface area contributed by atoms with Crippen LogP contribution < -0.4 is 0 Å². The molecule has 122 valence electrons. The molecule has 1 fully saturated rings. The van der Waals surface area contributed by atoms with Crippen LogP contribution in [0.25, 0.3) is 5.69 Å². The number of likely N-dealkylation sites (tertiary alicyclic amines) is 1. The van der Waals surface area contributed by atoms with Gasteiger partial charge in [0.25, 0.3) is 5.91 Å². The lowest BCUT2D eigenvalue weighted by molar-refractivity contribution is 0.0473. The first-order valence-electron chi connectivity index (χ1n) is 7.89. The van der Waals surface area contributed by atoms with Gasteiger partial charge in [0.1, 0.15) is 5.82 Å². The highest BCUT2D eigenvalue weighted by atomic mass is 19.1. The van der Waals surface area contributed by atoms with Gasteiger partial charge in [0.05, 0.1) is 11.7 Å². The smallest absolute Gasteiger partial charge is 0.255 e. The minimum absolute atomic E-state index is 0.0699. The Morgan fingerprint density at radius 1 is 1.30 bits per heavy atom. The molecule has 2 heterocycles. The molecule has 4 nitrogen and oxygen atoms in total. The number of hydrogen-bond donors (Lipinski definition) is 1. The van der Waals surface area contributed by atoms with Crippen molar-refractivity contribution in [3.63, 3.8) is 0 Å². The summed E-state index contributed by atoms with van der Waals surface area (Å²) in [6.45, 7) is 4.81. The van der Waals surface area contributed by atoms with E-state index in [4.69, 9.17) is 0 Å². The average Bonchev–Trinajstić information content (AvgIpc) is 2.81. The van der Waals surface area contributed by atoms with E-state index < -0.39 is 6.10 Å². The number of aromatic nitrogens is 1. The number of β-amino-alcohol motifs (C(OH)–C–C–N with tert-alkyl or cyclic N) is 1. The molecule has 1 aromatic heterocycles. The zero-order valence-electron chi connectivity index (χ0n) is 13.4. The number of aryl methyl sites for hydroxylation is 1. The van der Waals surface area contributed by atoms with Crippen molar-refractivity contribution in [1.82, 2.24) is 9.47 Å². The molecule has 1 N–H and O–H groups in total. The van der Waals surface area contributed by atoms with E-state index in [0.717, 1.165) is 24.2 Å². The van der Waals surface area contributed by atoms with Gasteiger partial charge in [-0.3, -0.25) is 4.79 Å². The first-order valence-corrected chi connectivity index (χ1v) is 7.89. The van der Waals surface area contributed by atoms with Crippen LogP contribution in [0.2, 0.25) is 0 Å². The molecule has 0 saturated carbocycles. The second-order valence-corrected chi connectivity index (χ2v) is 6.15. The number of amides is 1. The Bertz CT molecular complexity index is 739. The molecule has 1 atom stereocenters. The van der Waals surface area contributed by atoms with Crippen molar-refractivity contribution < 1.29 is 14.3 Å². The van der Waals surface area contributed by atoms with Crippen molar-refractivity contribution in [3.8, 4) is 5.69 Å². The standard InChI is InChI=1S/C18H21FN2O2/c1-12-9-17(18(23)20-8-4-7-16(22)11-20)13(2)21(12)15-6-3-5-14(19)10-15/h3,5-6,9-10,16,22H,4,7-8,11H2,1-2H3. The third kappa shape index (κ3) is 3.01. The molecule has 2 aromatic rings. The van der Waals surface area contributed by atoms with Gasteiger partial charge in [-0.1, -0.05) is 6.07 Å². The van der Waals surface area contributed by atoms with E-state index in [2.05, 4.69) is 0 Å². The van der Waals surface area contributed by atoms with Crippen LogP contribution in [-0.2, 0) is 0 Å². The van der Waals surface area contributed by atoms with Gasteiger partial charge in [-0.15, -0.1) is 0 Å². The molecule has 5 heteroatoms. The Kier molecular flexibility index (Phi) is 4.22. The number of carbonyl (C=O) groups is 1. The summed E-state index contributed by atoms with van der Waals surface area (Å²) in [7, 11) is 0. The van der Waals surface area contributed by atoms with Crippen LogP contribution >= 0.6 is 0 Å². The molecule has 1 unspecified atom stereocenters. The fourth-order valence-corrected chi connectivity index (χ4v) is 3.30. The van der Waals surface area contributed by atoms with Gasteiger partial charge in [-0.05, 0) is 51.0 Å². The summed E-state index contributed by atoms with van der Waals surface area (Å²) >= 11 is 0. The molecule has 3 rings (SSSR count). The van der Waals surface area contributed by atoms with Crippen LogP contribution in [0.1, 0.15) is 34.6 Å². The third-order valence-corrected chi connectivity index (χ3v) is 4.41. The van der Waals surface area contributed by atoms with Gasteiger partial charge in [0.15, 0.2) is 0 Å². The maximum absolute atomic E-state index is 13.5. The minimum atomic E-state index is -0.445. The summed E-state index contributed by atoms with van der Waals surface area (Å²) in [5.41, 5.74) is 2.99. The number of benzene rings is 1. The quantitative estimate of drug-likeness (QED) is 0.926. The highest BCUT2D eigenvalue weighted by molar-refractivity contribution is 5.96. The Morgan fingerprint density at radius 2 is 2.09 bits per heavy atom. The molecular weight excluding hydrogens is 295 g/mol. The summed E-state index contributed by atoms with van der Waals surface area (Å²) < 4.78 is 15.4. The number of aliphatic hydroxyl groups is 1. The molecular formula is C18H21FN2O2. The van der Waals surface area contributed by atoms with E-state index in [1.54, 1.807) is 11.0 Å². The zero-order valence-corrected chi connectivity index (χ0v) is 13.4. The Labute approximate surface area is 135 Å². The van der Waals surface area contributed by atoms with Crippen LogP contribution in [0.5, 0.6) is 0 Å². The fraction of sp³-hybridized carbons (Fsp3) is 0.389.